The average molecular weight is 363 g/mol. The van der Waals surface area contributed by atoms with E-state index in [-0.39, 0.29) is 6.54 Å². The van der Waals surface area contributed by atoms with Crippen LogP contribution in [0.15, 0.2) is 72.5 Å². The summed E-state index contributed by atoms with van der Waals surface area (Å²) in [6.45, 7) is 2.32. The lowest BCUT2D eigenvalue weighted by Crippen LogP contribution is -2.38. The molecule has 0 radical (unpaired) electrons. The third-order valence-electron chi connectivity index (χ3n) is 4.17. The molecule has 2 atom stereocenters. The Kier molecular flexibility index (Phi) is 5.64. The Morgan fingerprint density at radius 3 is 2.15 bits per heavy atom. The van der Waals surface area contributed by atoms with E-state index >= 15 is 0 Å². The molecule has 1 heterocycles. The monoisotopic (exact) mass is 363 g/mol. The van der Waals surface area contributed by atoms with Crippen molar-refractivity contribution in [1.82, 2.24) is 5.06 Å². The molecular formula is C20H20F3NO2. The van der Waals surface area contributed by atoms with E-state index in [0.717, 1.165) is 17.2 Å². The number of halogens is 3. The number of alkyl halides is 3. The minimum absolute atomic E-state index is 0.237. The molecular weight excluding hydrogens is 343 g/mol. The van der Waals surface area contributed by atoms with E-state index in [9.17, 15) is 13.2 Å². The SMILES string of the molecule is C[C@H](OCc1ccccc1)C1C=C(C(F)(F)F)ON1Cc1ccccc1. The second-order valence-corrected chi connectivity index (χ2v) is 6.17. The number of ether oxygens (including phenoxy) is 1. The summed E-state index contributed by atoms with van der Waals surface area (Å²) in [7, 11) is 0. The van der Waals surface area contributed by atoms with Crippen LogP contribution in [0.25, 0.3) is 0 Å². The summed E-state index contributed by atoms with van der Waals surface area (Å²) in [6.07, 6.45) is -3.90. The molecule has 26 heavy (non-hydrogen) atoms. The fourth-order valence-electron chi connectivity index (χ4n) is 2.77. The molecule has 2 aromatic carbocycles. The quantitative estimate of drug-likeness (QED) is 0.732. The Labute approximate surface area is 150 Å². The van der Waals surface area contributed by atoms with Gasteiger partial charge >= 0.3 is 6.18 Å². The largest absolute Gasteiger partial charge is 0.451 e. The minimum Gasteiger partial charge on any atom is -0.400 e. The van der Waals surface area contributed by atoms with Crippen LogP contribution in [0.3, 0.4) is 0 Å². The Morgan fingerprint density at radius 1 is 1.00 bits per heavy atom. The molecule has 3 nitrogen and oxygen atoms in total. The van der Waals surface area contributed by atoms with Crippen LogP contribution < -0.4 is 0 Å². The van der Waals surface area contributed by atoms with Gasteiger partial charge in [0.25, 0.3) is 0 Å². The van der Waals surface area contributed by atoms with E-state index in [1.807, 2.05) is 60.7 Å². The van der Waals surface area contributed by atoms with E-state index in [0.29, 0.717) is 6.61 Å². The Morgan fingerprint density at radius 2 is 1.58 bits per heavy atom. The highest BCUT2D eigenvalue weighted by atomic mass is 19.4. The molecule has 0 bridgehead atoms. The average Bonchev–Trinajstić information content (AvgIpc) is 3.06. The molecule has 1 unspecified atom stereocenters. The molecule has 0 N–H and O–H groups in total. The molecule has 0 aliphatic carbocycles. The van der Waals surface area contributed by atoms with Crippen LogP contribution in [-0.4, -0.2) is 23.4 Å². The highest BCUT2D eigenvalue weighted by Gasteiger charge is 2.44. The van der Waals surface area contributed by atoms with Gasteiger partial charge in [-0.05, 0) is 24.1 Å². The van der Waals surface area contributed by atoms with Crippen molar-refractivity contribution in [2.45, 2.75) is 38.4 Å². The maximum absolute atomic E-state index is 13.1. The summed E-state index contributed by atoms with van der Waals surface area (Å²) in [6, 6.07) is 18.1. The summed E-state index contributed by atoms with van der Waals surface area (Å²) in [5.74, 6) is -0.992. The van der Waals surface area contributed by atoms with Gasteiger partial charge in [-0.1, -0.05) is 60.7 Å². The molecule has 2 aromatic rings. The van der Waals surface area contributed by atoms with Gasteiger partial charge in [0.1, 0.15) is 0 Å². The van der Waals surface area contributed by atoms with Crippen LogP contribution in [0.5, 0.6) is 0 Å². The van der Waals surface area contributed by atoms with Crippen molar-refractivity contribution in [3.05, 3.63) is 83.6 Å². The van der Waals surface area contributed by atoms with Gasteiger partial charge in [-0.3, -0.25) is 0 Å². The fraction of sp³-hybridized carbons (Fsp3) is 0.300. The molecule has 0 saturated carbocycles. The molecule has 0 spiro atoms. The highest BCUT2D eigenvalue weighted by Crippen LogP contribution is 2.35. The van der Waals surface area contributed by atoms with E-state index in [1.165, 1.54) is 5.06 Å². The maximum Gasteiger partial charge on any atom is 0.451 e. The van der Waals surface area contributed by atoms with Gasteiger partial charge in [-0.15, -0.1) is 5.06 Å². The molecule has 0 amide bonds. The molecule has 1 aliphatic rings. The van der Waals surface area contributed by atoms with Gasteiger partial charge in [0, 0.05) is 0 Å². The Hall–Kier alpha value is -2.31. The molecule has 1 aliphatic heterocycles. The van der Waals surface area contributed by atoms with Crippen LogP contribution in [-0.2, 0) is 22.7 Å². The zero-order chi connectivity index (χ0) is 18.6. The smallest absolute Gasteiger partial charge is 0.400 e. The first kappa shape index (κ1) is 18.5. The Bertz CT molecular complexity index is 732. The van der Waals surface area contributed by atoms with Crippen molar-refractivity contribution in [2.75, 3.05) is 0 Å². The molecule has 138 valence electrons. The normalized spacial score (nSPS) is 19.1. The zero-order valence-corrected chi connectivity index (χ0v) is 14.3. The van der Waals surface area contributed by atoms with Crippen LogP contribution in [0.4, 0.5) is 13.2 Å². The summed E-state index contributed by atoms with van der Waals surface area (Å²) in [4.78, 5) is 5.11. The van der Waals surface area contributed by atoms with Crippen LogP contribution in [0, 0.1) is 0 Å². The number of hydrogen-bond acceptors (Lipinski definition) is 3. The number of allylic oxidation sites excluding steroid dienone is 1. The van der Waals surface area contributed by atoms with Gasteiger partial charge in [0.15, 0.2) is 0 Å². The van der Waals surface area contributed by atoms with Gasteiger partial charge in [-0.2, -0.15) is 13.2 Å². The predicted molar refractivity (Wildman–Crippen MR) is 91.7 cm³/mol. The number of rotatable bonds is 6. The van der Waals surface area contributed by atoms with Gasteiger partial charge in [0.05, 0.1) is 25.3 Å². The lowest BCUT2D eigenvalue weighted by Gasteiger charge is -2.27. The Balaban J connectivity index is 1.71. The summed E-state index contributed by atoms with van der Waals surface area (Å²) in [5.41, 5.74) is 1.83. The molecule has 0 aromatic heterocycles. The third-order valence-corrected chi connectivity index (χ3v) is 4.17. The first-order chi connectivity index (χ1) is 12.4. The summed E-state index contributed by atoms with van der Waals surface area (Å²) >= 11 is 0. The predicted octanol–water partition coefficient (Wildman–Crippen LogP) is 4.85. The van der Waals surface area contributed by atoms with Crippen LogP contribution in [0.1, 0.15) is 18.1 Å². The first-order valence-electron chi connectivity index (χ1n) is 8.36. The lowest BCUT2D eigenvalue weighted by molar-refractivity contribution is -0.209. The van der Waals surface area contributed by atoms with Crippen molar-refractivity contribution in [2.24, 2.45) is 0 Å². The molecule has 0 saturated heterocycles. The second-order valence-electron chi connectivity index (χ2n) is 6.17. The van der Waals surface area contributed by atoms with Gasteiger partial charge in [0.2, 0.25) is 5.76 Å². The van der Waals surface area contributed by atoms with Gasteiger partial charge in [-0.25, -0.2) is 0 Å². The fourth-order valence-corrected chi connectivity index (χ4v) is 2.77. The number of benzene rings is 2. The highest BCUT2D eigenvalue weighted by molar-refractivity contribution is 5.18. The van der Waals surface area contributed by atoms with E-state index in [1.54, 1.807) is 6.92 Å². The summed E-state index contributed by atoms with van der Waals surface area (Å²) in [5, 5.41) is 1.33. The summed E-state index contributed by atoms with van der Waals surface area (Å²) < 4.78 is 45.1. The standard InChI is InChI=1S/C20H20F3NO2/c1-15(25-14-17-10-6-3-7-11-17)18-12-19(20(21,22)23)26-24(18)13-16-8-4-2-5-9-16/h2-12,15,18H,13-14H2,1H3/t15-,18?/m0/s1. The topological polar surface area (TPSA) is 21.7 Å². The number of nitrogens with zero attached hydrogens (tertiary/aromatic N) is 1. The molecule has 6 heteroatoms. The maximum atomic E-state index is 13.1. The van der Waals surface area contributed by atoms with Crippen molar-refractivity contribution >= 4 is 0 Å². The van der Waals surface area contributed by atoms with Gasteiger partial charge < -0.3 is 9.57 Å². The molecule has 0 fully saturated rings. The van der Waals surface area contributed by atoms with Crippen LogP contribution in [0.2, 0.25) is 0 Å². The van der Waals surface area contributed by atoms with Crippen molar-refractivity contribution in [1.29, 1.82) is 0 Å². The number of hydrogen-bond donors (Lipinski definition) is 0. The van der Waals surface area contributed by atoms with Crippen molar-refractivity contribution in [3.63, 3.8) is 0 Å². The minimum atomic E-state index is -4.52. The van der Waals surface area contributed by atoms with E-state index in [4.69, 9.17) is 9.57 Å². The van der Waals surface area contributed by atoms with Crippen molar-refractivity contribution in [3.8, 4) is 0 Å². The van der Waals surface area contributed by atoms with E-state index < -0.39 is 24.1 Å². The zero-order valence-electron chi connectivity index (χ0n) is 14.3. The van der Waals surface area contributed by atoms with Crippen molar-refractivity contribution < 1.29 is 22.7 Å². The second kappa shape index (κ2) is 7.93. The lowest BCUT2D eigenvalue weighted by atomic mass is 10.1. The number of hydroxylamine groups is 2. The van der Waals surface area contributed by atoms with Crippen LogP contribution >= 0.6 is 0 Å². The first-order valence-corrected chi connectivity index (χ1v) is 8.36. The van der Waals surface area contributed by atoms with E-state index in [2.05, 4.69) is 0 Å². The molecule has 3 rings (SSSR count). The third kappa shape index (κ3) is 4.65.